The van der Waals surface area contributed by atoms with Crippen LogP contribution in [0.1, 0.15) is 0 Å². The van der Waals surface area contributed by atoms with Crippen molar-refractivity contribution in [2.45, 2.75) is 0 Å². The average molecular weight is 476 g/mol. The third kappa shape index (κ3) is 5.71. The second-order valence-electron chi connectivity index (χ2n) is 2.91. The van der Waals surface area contributed by atoms with Crippen molar-refractivity contribution in [3.8, 4) is 0 Å². The summed E-state index contributed by atoms with van der Waals surface area (Å²) >= 11 is 3.84. The smallest absolute Gasteiger partial charge is 0.412 e. The third-order valence-corrected chi connectivity index (χ3v) is 2.35. The van der Waals surface area contributed by atoms with Crippen molar-refractivity contribution in [2.24, 2.45) is 0 Å². The molecule has 0 fully saturated rings. The molecule has 0 bridgehead atoms. The molecular weight excluding hydrogens is 466 g/mol. The number of anilines is 2. The number of carbonyl (C=O) groups is 2. The number of halogens is 2. The molecule has 0 aliphatic heterocycles. The molecule has 98 valence electrons. The first kappa shape index (κ1) is 15.3. The van der Waals surface area contributed by atoms with Crippen molar-refractivity contribution in [1.82, 2.24) is 0 Å². The van der Waals surface area contributed by atoms with E-state index in [4.69, 9.17) is 9.47 Å². The van der Waals surface area contributed by atoms with Gasteiger partial charge in [-0.3, -0.25) is 10.6 Å². The highest BCUT2D eigenvalue weighted by Crippen LogP contribution is 2.15. The Labute approximate surface area is 131 Å². The normalized spacial score (nSPS) is 9.44. The predicted molar refractivity (Wildman–Crippen MR) is 84.4 cm³/mol. The van der Waals surface area contributed by atoms with Gasteiger partial charge in [-0.25, -0.2) is 9.59 Å². The van der Waals surface area contributed by atoms with Gasteiger partial charge < -0.3 is 9.47 Å². The zero-order chi connectivity index (χ0) is 13.4. The molecule has 0 radical (unpaired) electrons. The monoisotopic (exact) mass is 476 g/mol. The van der Waals surface area contributed by atoms with E-state index in [0.29, 0.717) is 11.4 Å². The van der Waals surface area contributed by atoms with Crippen LogP contribution in [0.25, 0.3) is 0 Å². The van der Waals surface area contributed by atoms with Crippen LogP contribution in [0.3, 0.4) is 0 Å². The Hall–Kier alpha value is -0.780. The molecule has 0 heterocycles. The number of hydrogen-bond donors (Lipinski definition) is 2. The molecule has 1 rings (SSSR count). The standard InChI is InChI=1S/C10H10I2N2O4/c11-5-17-9(15)13-7-2-1-3-8(4-7)14-10(16)18-6-12/h1-4H,5-6H2,(H,13,15)(H,14,16). The molecule has 2 N–H and O–H groups in total. The lowest BCUT2D eigenvalue weighted by Gasteiger charge is -2.08. The minimum atomic E-state index is -0.545. The number of alkyl halides is 2. The fraction of sp³-hybridized carbons (Fsp3) is 0.200. The fourth-order valence-corrected chi connectivity index (χ4v) is 1.65. The predicted octanol–water partition coefficient (Wildman–Crippen LogP) is 3.57. The summed E-state index contributed by atoms with van der Waals surface area (Å²) in [6, 6.07) is 6.66. The Morgan fingerprint density at radius 1 is 1.00 bits per heavy atom. The highest BCUT2D eigenvalue weighted by atomic mass is 127. The van der Waals surface area contributed by atoms with Crippen molar-refractivity contribution in [1.29, 1.82) is 0 Å². The molecule has 18 heavy (non-hydrogen) atoms. The molecule has 0 unspecified atom stereocenters. The lowest BCUT2D eigenvalue weighted by Crippen LogP contribution is -2.14. The summed E-state index contributed by atoms with van der Waals surface area (Å²) in [5.74, 6) is 0. The Bertz CT molecular complexity index is 393. The summed E-state index contributed by atoms with van der Waals surface area (Å²) < 4.78 is 9.99. The first-order chi connectivity index (χ1) is 8.65. The molecule has 0 saturated heterocycles. The minimum Gasteiger partial charge on any atom is -0.439 e. The second kappa shape index (κ2) is 8.34. The minimum absolute atomic E-state index is 0.267. The van der Waals surface area contributed by atoms with E-state index in [9.17, 15) is 9.59 Å². The van der Waals surface area contributed by atoms with E-state index < -0.39 is 12.2 Å². The molecule has 1 aromatic carbocycles. The Morgan fingerprint density at radius 2 is 1.44 bits per heavy atom. The van der Waals surface area contributed by atoms with Crippen LogP contribution in [0, 0.1) is 0 Å². The van der Waals surface area contributed by atoms with Crippen molar-refractivity contribution in [2.75, 3.05) is 19.9 Å². The van der Waals surface area contributed by atoms with Gasteiger partial charge >= 0.3 is 12.2 Å². The van der Waals surface area contributed by atoms with Gasteiger partial charge in [0.05, 0.1) is 0 Å². The number of carbonyl (C=O) groups excluding carboxylic acids is 2. The van der Waals surface area contributed by atoms with E-state index in [1.807, 2.05) is 45.2 Å². The quantitative estimate of drug-likeness (QED) is 0.515. The van der Waals surface area contributed by atoms with Gasteiger partial charge in [-0.15, -0.1) is 0 Å². The second-order valence-corrected chi connectivity index (χ2v) is 4.16. The number of rotatable bonds is 4. The van der Waals surface area contributed by atoms with Crippen molar-refractivity contribution >= 4 is 68.7 Å². The topological polar surface area (TPSA) is 76.7 Å². The number of amides is 2. The summed E-state index contributed by atoms with van der Waals surface area (Å²) in [5, 5.41) is 5.06. The molecule has 8 heteroatoms. The van der Waals surface area contributed by atoms with Gasteiger partial charge in [0, 0.05) is 11.4 Å². The van der Waals surface area contributed by atoms with Crippen LogP contribution in [-0.4, -0.2) is 21.4 Å². The van der Waals surface area contributed by atoms with Crippen LogP contribution < -0.4 is 10.6 Å². The van der Waals surface area contributed by atoms with E-state index in [1.54, 1.807) is 24.3 Å². The molecule has 0 saturated carbocycles. The average Bonchev–Trinajstić information content (AvgIpc) is 2.29. The molecule has 2 amide bonds. The summed E-state index contributed by atoms with van der Waals surface area (Å²) in [6.45, 7) is 0. The van der Waals surface area contributed by atoms with Crippen LogP contribution in [-0.2, 0) is 9.47 Å². The van der Waals surface area contributed by atoms with Gasteiger partial charge in [-0.05, 0) is 63.4 Å². The van der Waals surface area contributed by atoms with E-state index in [2.05, 4.69) is 10.6 Å². The van der Waals surface area contributed by atoms with Gasteiger partial charge in [0.15, 0.2) is 0 Å². The summed E-state index contributed by atoms with van der Waals surface area (Å²) in [7, 11) is 0. The van der Waals surface area contributed by atoms with Gasteiger partial charge in [0.1, 0.15) is 9.23 Å². The van der Waals surface area contributed by atoms with Gasteiger partial charge in [-0.1, -0.05) is 6.07 Å². The number of ether oxygens (including phenoxy) is 2. The molecule has 0 aliphatic carbocycles. The lowest BCUT2D eigenvalue weighted by molar-refractivity contribution is 0.183. The van der Waals surface area contributed by atoms with Crippen LogP contribution in [0.4, 0.5) is 21.0 Å². The SMILES string of the molecule is O=C(Nc1cccc(NC(=O)OCI)c1)OCI. The maximum absolute atomic E-state index is 11.2. The molecule has 0 aliphatic rings. The number of benzene rings is 1. The zero-order valence-electron chi connectivity index (χ0n) is 9.11. The van der Waals surface area contributed by atoms with Gasteiger partial charge in [0.25, 0.3) is 0 Å². The van der Waals surface area contributed by atoms with Crippen LogP contribution in [0.2, 0.25) is 0 Å². The maximum Gasteiger partial charge on any atom is 0.412 e. The summed E-state index contributed by atoms with van der Waals surface area (Å²) in [6.07, 6.45) is -1.09. The molecule has 6 nitrogen and oxygen atoms in total. The van der Waals surface area contributed by atoms with Crippen molar-refractivity contribution in [3.05, 3.63) is 24.3 Å². The zero-order valence-corrected chi connectivity index (χ0v) is 13.4. The number of hydrogen-bond acceptors (Lipinski definition) is 4. The first-order valence-corrected chi connectivity index (χ1v) is 7.80. The van der Waals surface area contributed by atoms with Crippen molar-refractivity contribution in [3.63, 3.8) is 0 Å². The molecule has 0 aromatic heterocycles. The Balaban J connectivity index is 2.61. The van der Waals surface area contributed by atoms with Gasteiger partial charge in [0.2, 0.25) is 0 Å². The maximum atomic E-state index is 11.2. The van der Waals surface area contributed by atoms with Crippen molar-refractivity contribution < 1.29 is 19.1 Å². The fourth-order valence-electron chi connectivity index (χ4n) is 1.08. The highest BCUT2D eigenvalue weighted by Gasteiger charge is 2.05. The lowest BCUT2D eigenvalue weighted by atomic mass is 10.3. The number of nitrogens with one attached hydrogen (secondary N) is 2. The van der Waals surface area contributed by atoms with E-state index >= 15 is 0 Å². The first-order valence-electron chi connectivity index (χ1n) is 4.75. The summed E-state index contributed by atoms with van der Waals surface area (Å²) in [5.41, 5.74) is 1.05. The highest BCUT2D eigenvalue weighted by molar-refractivity contribution is 14.1. The van der Waals surface area contributed by atoms with E-state index in [1.165, 1.54) is 0 Å². The molecular formula is C10H10I2N2O4. The van der Waals surface area contributed by atoms with Crippen LogP contribution in [0.5, 0.6) is 0 Å². The Kier molecular flexibility index (Phi) is 7.08. The Morgan fingerprint density at radius 3 is 1.83 bits per heavy atom. The molecule has 1 aromatic rings. The van der Waals surface area contributed by atoms with Gasteiger partial charge in [-0.2, -0.15) is 0 Å². The third-order valence-electron chi connectivity index (χ3n) is 1.73. The molecule has 0 spiro atoms. The van der Waals surface area contributed by atoms with Crippen LogP contribution >= 0.6 is 45.2 Å². The van der Waals surface area contributed by atoms with E-state index in [0.717, 1.165) is 0 Å². The van der Waals surface area contributed by atoms with E-state index in [-0.39, 0.29) is 9.23 Å². The summed E-state index contributed by atoms with van der Waals surface area (Å²) in [4.78, 5) is 22.4. The van der Waals surface area contributed by atoms with Crippen LogP contribution in [0.15, 0.2) is 24.3 Å². The molecule has 0 atom stereocenters. The largest absolute Gasteiger partial charge is 0.439 e.